The predicted octanol–water partition coefficient (Wildman–Crippen LogP) is 1.18. The molecular formula is C19H25N3O4. The average molecular weight is 359 g/mol. The molecule has 2 saturated heterocycles. The lowest BCUT2D eigenvalue weighted by Gasteiger charge is -2.35. The zero-order valence-corrected chi connectivity index (χ0v) is 15.2. The van der Waals surface area contributed by atoms with Gasteiger partial charge >= 0.3 is 6.03 Å². The molecule has 140 valence electrons. The third kappa shape index (κ3) is 4.22. The van der Waals surface area contributed by atoms with Crippen molar-refractivity contribution in [2.75, 3.05) is 19.6 Å². The van der Waals surface area contributed by atoms with Gasteiger partial charge in [0.15, 0.2) is 0 Å². The molecule has 0 unspecified atom stereocenters. The van der Waals surface area contributed by atoms with Crippen molar-refractivity contribution in [3.05, 3.63) is 35.9 Å². The molecule has 26 heavy (non-hydrogen) atoms. The van der Waals surface area contributed by atoms with Crippen LogP contribution in [0, 0.1) is 0 Å². The van der Waals surface area contributed by atoms with E-state index in [1.165, 1.54) is 0 Å². The SMILES string of the molecule is C[C@@H]1CN(C(=O)CN2C(=O)N[C@@H](CCc3ccccc3)C2=O)C[C@H](C)O1. The molecule has 2 fully saturated rings. The van der Waals surface area contributed by atoms with Gasteiger partial charge in [0.05, 0.1) is 12.2 Å². The number of carbonyl (C=O) groups excluding carboxylic acids is 3. The van der Waals surface area contributed by atoms with Crippen molar-refractivity contribution in [2.24, 2.45) is 0 Å². The normalized spacial score (nSPS) is 26.2. The fourth-order valence-corrected chi connectivity index (χ4v) is 3.49. The molecule has 0 spiro atoms. The Balaban J connectivity index is 1.56. The standard InChI is InChI=1S/C19H25N3O4/c1-13-10-21(11-14(2)26-13)17(23)12-22-18(24)16(20-19(22)25)9-8-15-6-4-3-5-7-15/h3-7,13-14,16H,8-12H2,1-2H3,(H,20,25)/t13-,14+,16-/m0/s1. The van der Waals surface area contributed by atoms with E-state index in [0.717, 1.165) is 10.5 Å². The maximum absolute atomic E-state index is 12.5. The van der Waals surface area contributed by atoms with E-state index in [0.29, 0.717) is 25.9 Å². The van der Waals surface area contributed by atoms with E-state index in [-0.39, 0.29) is 30.6 Å². The summed E-state index contributed by atoms with van der Waals surface area (Å²) in [6.45, 7) is 4.55. The van der Waals surface area contributed by atoms with Gasteiger partial charge in [0.25, 0.3) is 5.91 Å². The van der Waals surface area contributed by atoms with Crippen LogP contribution in [0.1, 0.15) is 25.8 Å². The van der Waals surface area contributed by atoms with Crippen LogP contribution >= 0.6 is 0 Å². The van der Waals surface area contributed by atoms with Crippen molar-refractivity contribution in [2.45, 2.75) is 44.9 Å². The number of nitrogens with zero attached hydrogens (tertiary/aromatic N) is 2. The van der Waals surface area contributed by atoms with Gasteiger partial charge in [-0.25, -0.2) is 4.79 Å². The van der Waals surface area contributed by atoms with E-state index in [1.807, 2.05) is 44.2 Å². The lowest BCUT2D eigenvalue weighted by atomic mass is 10.1. The molecule has 0 aromatic heterocycles. The molecule has 0 radical (unpaired) electrons. The third-order valence-corrected chi connectivity index (χ3v) is 4.74. The number of urea groups is 1. The number of rotatable bonds is 5. The van der Waals surface area contributed by atoms with E-state index >= 15 is 0 Å². The molecule has 2 aliphatic rings. The number of hydrogen-bond donors (Lipinski definition) is 1. The Hall–Kier alpha value is -2.41. The number of nitrogens with one attached hydrogen (secondary N) is 1. The molecule has 2 heterocycles. The molecule has 1 aromatic rings. The fraction of sp³-hybridized carbons (Fsp3) is 0.526. The Morgan fingerprint density at radius 3 is 2.46 bits per heavy atom. The lowest BCUT2D eigenvalue weighted by Crippen LogP contribution is -2.51. The van der Waals surface area contributed by atoms with Gasteiger partial charge in [0, 0.05) is 13.1 Å². The van der Waals surface area contributed by atoms with Crippen molar-refractivity contribution in [3.8, 4) is 0 Å². The van der Waals surface area contributed by atoms with Crippen molar-refractivity contribution in [1.82, 2.24) is 15.1 Å². The molecule has 7 nitrogen and oxygen atoms in total. The van der Waals surface area contributed by atoms with Gasteiger partial charge in [-0.15, -0.1) is 0 Å². The topological polar surface area (TPSA) is 79.0 Å². The molecule has 7 heteroatoms. The molecule has 1 aromatic carbocycles. The maximum atomic E-state index is 12.5. The van der Waals surface area contributed by atoms with Gasteiger partial charge in [-0.1, -0.05) is 30.3 Å². The molecule has 0 saturated carbocycles. The summed E-state index contributed by atoms with van der Waals surface area (Å²) < 4.78 is 5.62. The van der Waals surface area contributed by atoms with Crippen LogP contribution in [-0.4, -0.2) is 65.5 Å². The number of amides is 4. The highest BCUT2D eigenvalue weighted by atomic mass is 16.5. The molecule has 2 aliphatic heterocycles. The number of carbonyl (C=O) groups is 3. The van der Waals surface area contributed by atoms with Crippen LogP contribution in [0.25, 0.3) is 0 Å². The number of imide groups is 1. The van der Waals surface area contributed by atoms with Crippen LogP contribution in [0.15, 0.2) is 30.3 Å². The van der Waals surface area contributed by atoms with Crippen LogP contribution in [0.4, 0.5) is 4.79 Å². The Labute approximate surface area is 153 Å². The zero-order chi connectivity index (χ0) is 18.7. The van der Waals surface area contributed by atoms with Gasteiger partial charge in [-0.05, 0) is 32.3 Å². The Morgan fingerprint density at radius 2 is 1.81 bits per heavy atom. The van der Waals surface area contributed by atoms with Gasteiger partial charge in [0.2, 0.25) is 5.91 Å². The van der Waals surface area contributed by atoms with Crippen LogP contribution in [0.5, 0.6) is 0 Å². The number of aryl methyl sites for hydroxylation is 1. The van der Waals surface area contributed by atoms with Gasteiger partial charge < -0.3 is 15.0 Å². The van der Waals surface area contributed by atoms with Crippen molar-refractivity contribution in [3.63, 3.8) is 0 Å². The van der Waals surface area contributed by atoms with Gasteiger partial charge in [0.1, 0.15) is 12.6 Å². The first-order chi connectivity index (χ1) is 12.4. The van der Waals surface area contributed by atoms with E-state index in [4.69, 9.17) is 4.74 Å². The van der Waals surface area contributed by atoms with Crippen molar-refractivity contribution >= 4 is 17.8 Å². The van der Waals surface area contributed by atoms with Crippen LogP contribution in [0.2, 0.25) is 0 Å². The number of ether oxygens (including phenoxy) is 1. The Morgan fingerprint density at radius 1 is 1.15 bits per heavy atom. The third-order valence-electron chi connectivity index (χ3n) is 4.74. The summed E-state index contributed by atoms with van der Waals surface area (Å²) in [5, 5.41) is 2.69. The molecular weight excluding hydrogens is 334 g/mol. The molecule has 3 atom stereocenters. The minimum absolute atomic E-state index is 0.0515. The van der Waals surface area contributed by atoms with Crippen LogP contribution in [-0.2, 0) is 20.7 Å². The van der Waals surface area contributed by atoms with E-state index in [9.17, 15) is 14.4 Å². The summed E-state index contributed by atoms with van der Waals surface area (Å²) in [5.74, 6) is -0.548. The van der Waals surface area contributed by atoms with Gasteiger partial charge in [-0.2, -0.15) is 0 Å². The highest BCUT2D eigenvalue weighted by Gasteiger charge is 2.39. The summed E-state index contributed by atoms with van der Waals surface area (Å²) in [5.41, 5.74) is 1.11. The van der Waals surface area contributed by atoms with Crippen LogP contribution in [0.3, 0.4) is 0 Å². The lowest BCUT2D eigenvalue weighted by molar-refractivity contribution is -0.146. The van der Waals surface area contributed by atoms with Gasteiger partial charge in [-0.3, -0.25) is 14.5 Å². The second-order valence-corrected chi connectivity index (χ2v) is 7.01. The fourth-order valence-electron chi connectivity index (χ4n) is 3.49. The number of hydrogen-bond acceptors (Lipinski definition) is 4. The van der Waals surface area contributed by atoms with Crippen molar-refractivity contribution < 1.29 is 19.1 Å². The predicted molar refractivity (Wildman–Crippen MR) is 95.4 cm³/mol. The molecule has 0 bridgehead atoms. The molecule has 1 N–H and O–H groups in total. The van der Waals surface area contributed by atoms with Crippen molar-refractivity contribution in [1.29, 1.82) is 0 Å². The second-order valence-electron chi connectivity index (χ2n) is 7.01. The molecule has 4 amide bonds. The quantitative estimate of drug-likeness (QED) is 0.801. The van der Waals surface area contributed by atoms with E-state index in [2.05, 4.69) is 5.32 Å². The number of benzene rings is 1. The highest BCUT2D eigenvalue weighted by molar-refractivity contribution is 6.06. The summed E-state index contributed by atoms with van der Waals surface area (Å²) >= 11 is 0. The summed E-state index contributed by atoms with van der Waals surface area (Å²) in [7, 11) is 0. The Bertz CT molecular complexity index is 669. The monoisotopic (exact) mass is 359 g/mol. The Kier molecular flexibility index (Phi) is 5.56. The zero-order valence-electron chi connectivity index (χ0n) is 15.2. The first-order valence-electron chi connectivity index (χ1n) is 9.03. The first kappa shape index (κ1) is 18.4. The molecule has 3 rings (SSSR count). The minimum Gasteiger partial charge on any atom is -0.372 e. The summed E-state index contributed by atoms with van der Waals surface area (Å²) in [4.78, 5) is 39.9. The largest absolute Gasteiger partial charge is 0.372 e. The average Bonchev–Trinajstić information content (AvgIpc) is 2.87. The first-order valence-corrected chi connectivity index (χ1v) is 9.03. The van der Waals surface area contributed by atoms with E-state index < -0.39 is 12.1 Å². The summed E-state index contributed by atoms with van der Waals surface area (Å²) in [6, 6.07) is 8.74. The van der Waals surface area contributed by atoms with E-state index in [1.54, 1.807) is 4.90 Å². The highest BCUT2D eigenvalue weighted by Crippen LogP contribution is 2.15. The smallest absolute Gasteiger partial charge is 0.325 e. The molecule has 0 aliphatic carbocycles. The summed E-state index contributed by atoms with van der Waals surface area (Å²) in [6.07, 6.45) is 1.11. The minimum atomic E-state index is -0.571. The second kappa shape index (κ2) is 7.86. The maximum Gasteiger partial charge on any atom is 0.325 e. The van der Waals surface area contributed by atoms with Crippen LogP contribution < -0.4 is 5.32 Å². The number of morpholine rings is 1.